The fraction of sp³-hybridized carbons (Fsp3) is 0.500. The van der Waals surface area contributed by atoms with Crippen molar-refractivity contribution in [2.45, 2.75) is 52.7 Å². The van der Waals surface area contributed by atoms with Crippen molar-refractivity contribution in [2.75, 3.05) is 0 Å². The van der Waals surface area contributed by atoms with Crippen LogP contribution in [0.2, 0.25) is 0 Å². The number of benzene rings is 1. The zero-order valence-electron chi connectivity index (χ0n) is 13.4. The van der Waals surface area contributed by atoms with E-state index in [1.54, 1.807) is 12.1 Å². The number of nitrogens with two attached hydrogens (primary N) is 1. The smallest absolute Gasteiger partial charge is 0.248 e. The van der Waals surface area contributed by atoms with Crippen LogP contribution in [0.5, 0.6) is 0 Å². The van der Waals surface area contributed by atoms with Gasteiger partial charge in [-0.2, -0.15) is 0 Å². The van der Waals surface area contributed by atoms with Crippen LogP contribution in [0.25, 0.3) is 0 Å². The lowest BCUT2D eigenvalue weighted by atomic mass is 10.0. The molecule has 5 heteroatoms. The normalized spacial score (nSPS) is 12.8. The first-order valence-corrected chi connectivity index (χ1v) is 7.05. The van der Waals surface area contributed by atoms with Gasteiger partial charge in [0.2, 0.25) is 11.8 Å². The molecule has 0 aliphatic heterocycles. The first-order valence-electron chi connectivity index (χ1n) is 7.05. The van der Waals surface area contributed by atoms with Gasteiger partial charge in [-0.25, -0.2) is 0 Å². The number of primary amides is 1. The maximum Gasteiger partial charge on any atom is 0.248 e. The van der Waals surface area contributed by atoms with Gasteiger partial charge in [0, 0.05) is 17.6 Å². The number of carbonyl (C=O) groups excluding carboxylic acids is 2. The number of nitrogens with one attached hydrogen (secondary N) is 2. The predicted molar refractivity (Wildman–Crippen MR) is 83.9 cm³/mol. The van der Waals surface area contributed by atoms with Crippen LogP contribution in [0.15, 0.2) is 18.2 Å². The third-order valence-electron chi connectivity index (χ3n) is 3.12. The molecule has 1 rings (SSSR count). The number of rotatable bonds is 5. The molecule has 0 aliphatic carbocycles. The molecule has 0 saturated heterocycles. The van der Waals surface area contributed by atoms with Crippen molar-refractivity contribution in [2.24, 2.45) is 5.73 Å². The van der Waals surface area contributed by atoms with Crippen molar-refractivity contribution in [3.63, 3.8) is 0 Å². The molecule has 0 bridgehead atoms. The van der Waals surface area contributed by atoms with Gasteiger partial charge in [0.25, 0.3) is 0 Å². The summed E-state index contributed by atoms with van der Waals surface area (Å²) in [6.07, 6.45) is 0. The zero-order chi connectivity index (χ0) is 16.2. The summed E-state index contributed by atoms with van der Waals surface area (Å²) >= 11 is 0. The summed E-state index contributed by atoms with van der Waals surface area (Å²) in [6, 6.07) is 5.03. The minimum Gasteiger partial charge on any atom is -0.366 e. The van der Waals surface area contributed by atoms with E-state index in [2.05, 4.69) is 10.6 Å². The van der Waals surface area contributed by atoms with Crippen molar-refractivity contribution in [3.05, 3.63) is 34.9 Å². The molecular formula is C16H25N3O2. The van der Waals surface area contributed by atoms with Crippen molar-refractivity contribution < 1.29 is 9.59 Å². The third kappa shape index (κ3) is 5.55. The first-order chi connectivity index (χ1) is 9.60. The minimum atomic E-state index is -0.435. The van der Waals surface area contributed by atoms with E-state index >= 15 is 0 Å². The largest absolute Gasteiger partial charge is 0.366 e. The molecule has 116 valence electrons. The lowest BCUT2D eigenvalue weighted by Crippen LogP contribution is -2.49. The molecule has 0 fully saturated rings. The van der Waals surface area contributed by atoms with Gasteiger partial charge < -0.3 is 16.4 Å². The number of carbonyl (C=O) groups is 2. The van der Waals surface area contributed by atoms with Crippen LogP contribution in [0, 0.1) is 6.92 Å². The lowest BCUT2D eigenvalue weighted by Gasteiger charge is -2.24. The van der Waals surface area contributed by atoms with Crippen LogP contribution in [-0.4, -0.2) is 23.4 Å². The molecule has 0 radical (unpaired) electrons. The van der Waals surface area contributed by atoms with Gasteiger partial charge in [0.05, 0.1) is 6.04 Å². The molecule has 0 aromatic heterocycles. The van der Waals surface area contributed by atoms with Crippen LogP contribution in [0.3, 0.4) is 0 Å². The minimum absolute atomic E-state index is 0.0334. The Labute approximate surface area is 126 Å². The van der Waals surface area contributed by atoms with Crippen molar-refractivity contribution in [3.8, 4) is 0 Å². The highest BCUT2D eigenvalue weighted by Gasteiger charge is 2.18. The SMILES string of the molecule is Cc1cc(C(N)=O)ccc1CNC(C)C(=O)NC(C)(C)C. The highest BCUT2D eigenvalue weighted by molar-refractivity contribution is 5.93. The van der Waals surface area contributed by atoms with Gasteiger partial charge in [0.1, 0.15) is 0 Å². The van der Waals surface area contributed by atoms with E-state index in [0.717, 1.165) is 11.1 Å². The number of amides is 2. The van der Waals surface area contributed by atoms with Gasteiger partial charge in [0.15, 0.2) is 0 Å². The Morgan fingerprint density at radius 3 is 2.38 bits per heavy atom. The van der Waals surface area contributed by atoms with Gasteiger partial charge in [-0.1, -0.05) is 6.07 Å². The molecule has 0 aliphatic rings. The molecule has 1 aromatic carbocycles. The summed E-state index contributed by atoms with van der Waals surface area (Å²) in [6.45, 7) is 10.2. The Morgan fingerprint density at radius 1 is 1.29 bits per heavy atom. The molecule has 5 nitrogen and oxygen atoms in total. The maximum atomic E-state index is 12.0. The van der Waals surface area contributed by atoms with Gasteiger partial charge in [-0.05, 0) is 57.9 Å². The number of hydrogen-bond donors (Lipinski definition) is 3. The summed E-state index contributed by atoms with van der Waals surface area (Å²) in [5.74, 6) is -0.468. The van der Waals surface area contributed by atoms with E-state index in [0.29, 0.717) is 12.1 Å². The van der Waals surface area contributed by atoms with Gasteiger partial charge >= 0.3 is 0 Å². The molecule has 1 unspecified atom stereocenters. The topological polar surface area (TPSA) is 84.2 Å². The van der Waals surface area contributed by atoms with Gasteiger partial charge in [-0.15, -0.1) is 0 Å². The first kappa shape index (κ1) is 17.2. The summed E-state index contributed by atoms with van der Waals surface area (Å²) in [5, 5.41) is 6.11. The quantitative estimate of drug-likeness (QED) is 0.768. The molecule has 21 heavy (non-hydrogen) atoms. The molecule has 0 saturated carbocycles. The highest BCUT2D eigenvalue weighted by atomic mass is 16.2. The summed E-state index contributed by atoms with van der Waals surface area (Å²) in [4.78, 5) is 23.1. The van der Waals surface area contributed by atoms with Crippen LogP contribution >= 0.6 is 0 Å². The lowest BCUT2D eigenvalue weighted by molar-refractivity contribution is -0.124. The number of aryl methyl sites for hydroxylation is 1. The Balaban J connectivity index is 2.63. The van der Waals surface area contributed by atoms with E-state index in [9.17, 15) is 9.59 Å². The second kappa shape index (κ2) is 6.72. The van der Waals surface area contributed by atoms with Crippen LogP contribution in [0.1, 0.15) is 49.2 Å². The highest BCUT2D eigenvalue weighted by Crippen LogP contribution is 2.11. The average Bonchev–Trinajstić information content (AvgIpc) is 2.34. The second-order valence-electron chi connectivity index (χ2n) is 6.35. The van der Waals surface area contributed by atoms with Crippen molar-refractivity contribution in [1.29, 1.82) is 0 Å². The number of hydrogen-bond acceptors (Lipinski definition) is 3. The molecular weight excluding hydrogens is 266 g/mol. The Bertz CT molecular complexity index is 533. The molecule has 1 atom stereocenters. The summed E-state index contributed by atoms with van der Waals surface area (Å²) in [7, 11) is 0. The Kier molecular flexibility index (Phi) is 5.49. The fourth-order valence-electron chi connectivity index (χ4n) is 1.88. The Hall–Kier alpha value is -1.88. The third-order valence-corrected chi connectivity index (χ3v) is 3.12. The second-order valence-corrected chi connectivity index (χ2v) is 6.35. The maximum absolute atomic E-state index is 12.0. The van der Waals surface area contributed by atoms with Gasteiger partial charge in [-0.3, -0.25) is 9.59 Å². The Morgan fingerprint density at radius 2 is 1.90 bits per heavy atom. The van der Waals surface area contributed by atoms with Crippen LogP contribution in [-0.2, 0) is 11.3 Å². The van der Waals surface area contributed by atoms with E-state index < -0.39 is 5.91 Å². The van der Waals surface area contributed by atoms with Crippen molar-refractivity contribution >= 4 is 11.8 Å². The van der Waals surface area contributed by atoms with E-state index in [1.165, 1.54) is 0 Å². The van der Waals surface area contributed by atoms with Crippen LogP contribution < -0.4 is 16.4 Å². The molecule has 1 aromatic rings. The standard InChI is InChI=1S/C16H25N3O2/c1-10-8-12(14(17)20)6-7-13(10)9-18-11(2)15(21)19-16(3,4)5/h6-8,11,18H,9H2,1-5H3,(H2,17,20)(H,19,21). The molecule has 4 N–H and O–H groups in total. The van der Waals surface area contributed by atoms with Crippen molar-refractivity contribution in [1.82, 2.24) is 10.6 Å². The average molecular weight is 291 g/mol. The van der Waals surface area contributed by atoms with E-state index in [1.807, 2.05) is 40.7 Å². The molecule has 0 heterocycles. The van der Waals surface area contributed by atoms with Crippen LogP contribution in [0.4, 0.5) is 0 Å². The van der Waals surface area contributed by atoms with E-state index in [4.69, 9.17) is 5.73 Å². The fourth-order valence-corrected chi connectivity index (χ4v) is 1.88. The van der Waals surface area contributed by atoms with E-state index in [-0.39, 0.29) is 17.5 Å². The summed E-state index contributed by atoms with van der Waals surface area (Å²) in [5.41, 5.74) is 7.51. The zero-order valence-corrected chi connectivity index (χ0v) is 13.4. The monoisotopic (exact) mass is 291 g/mol. The molecule has 0 spiro atoms. The predicted octanol–water partition coefficient (Wildman–Crippen LogP) is 1.49. The summed E-state index contributed by atoms with van der Waals surface area (Å²) < 4.78 is 0. The molecule has 2 amide bonds.